The molecule has 22 heteroatoms. The highest BCUT2D eigenvalue weighted by molar-refractivity contribution is 14.1. The molecular weight excluding hydrogens is 1160 g/mol. The van der Waals surface area contributed by atoms with E-state index in [2.05, 4.69) is 64.3 Å². The number of aliphatic carboxylic acids is 1. The van der Waals surface area contributed by atoms with Crippen LogP contribution in [0, 0.1) is 52.4 Å². The van der Waals surface area contributed by atoms with Gasteiger partial charge >= 0.3 is 0 Å². The maximum atomic E-state index is 11.9. The van der Waals surface area contributed by atoms with Crippen LogP contribution in [0.4, 0.5) is 23.5 Å². The predicted molar refractivity (Wildman–Crippen MR) is 334 cm³/mol. The lowest BCUT2D eigenvalue weighted by molar-refractivity contribution is -0.135. The number of hydrogen-bond acceptors (Lipinski definition) is 17. The first-order valence-corrected chi connectivity index (χ1v) is 28.9. The fourth-order valence-corrected chi connectivity index (χ4v) is 12.8. The van der Waals surface area contributed by atoms with Crippen LogP contribution in [0.3, 0.4) is 0 Å². The number of methoxy groups -OCH3 is 2. The van der Waals surface area contributed by atoms with Gasteiger partial charge in [0.1, 0.15) is 11.6 Å². The average Bonchev–Trinajstić information content (AvgIpc) is 4.48. The maximum Gasteiger partial charge on any atom is 0.300 e. The highest BCUT2D eigenvalue weighted by Gasteiger charge is 2.54. The molecule has 2 aromatic rings. The molecule has 0 aliphatic carbocycles. The van der Waals surface area contributed by atoms with Gasteiger partial charge < -0.3 is 67.7 Å². The number of amides is 3. The lowest BCUT2D eigenvalue weighted by atomic mass is 9.85. The van der Waals surface area contributed by atoms with Gasteiger partial charge in [0.2, 0.25) is 29.6 Å². The van der Waals surface area contributed by atoms with E-state index in [0.29, 0.717) is 47.3 Å². The summed E-state index contributed by atoms with van der Waals surface area (Å²) in [5.41, 5.74) is 22.8. The van der Waals surface area contributed by atoms with Crippen molar-refractivity contribution in [1.29, 1.82) is 0 Å². The van der Waals surface area contributed by atoms with Crippen molar-refractivity contribution in [3.63, 3.8) is 0 Å². The first-order chi connectivity index (χ1) is 39.0. The number of ether oxygens (including phenoxy) is 2. The molecule has 0 spiro atoms. The predicted octanol–water partition coefficient (Wildman–Crippen LogP) is 6.43. The van der Waals surface area contributed by atoms with Gasteiger partial charge in [-0.25, -0.2) is 9.97 Å². The average molecular weight is 1260 g/mol. The number of nitrogens with one attached hydrogen (secondary N) is 1. The number of carboxylic acids is 1. The molecule has 12 N–H and O–H groups in total. The molecule has 82 heavy (non-hydrogen) atoms. The first-order valence-electron chi connectivity index (χ1n) is 27.8. The van der Waals surface area contributed by atoms with Crippen LogP contribution in [0.5, 0.6) is 0 Å². The maximum absolute atomic E-state index is 11.9. The Balaban J connectivity index is 0.000000960. The van der Waals surface area contributed by atoms with E-state index in [1.807, 2.05) is 51.1 Å². The van der Waals surface area contributed by atoms with Gasteiger partial charge in [0.05, 0.1) is 31.9 Å². The van der Waals surface area contributed by atoms with Gasteiger partial charge in [0, 0.05) is 132 Å². The third kappa shape index (κ3) is 22.0. The number of nitrogens with two attached hydrogens (primary N) is 4. The SMILES string of the molecule is C#CCC12CCC(CC1)N2.C#CCC12CCC(CC1)N2C(C)=O.C#CCC12CCC(CC1)N2C(C)=O.CC.CC(=O)N1C2CCC1(CC#Cc1cnc(N)nc1N)CC2.CC(=O)O.CO.CO.COC.COC.Nc1ncc(I)c(N)n1. The van der Waals surface area contributed by atoms with Crippen LogP contribution in [0.1, 0.15) is 176 Å². The summed E-state index contributed by atoms with van der Waals surface area (Å²) >= 11 is 2.04. The van der Waals surface area contributed by atoms with Gasteiger partial charge in [0.15, 0.2) is 0 Å². The van der Waals surface area contributed by atoms with Crippen LogP contribution in [0.25, 0.3) is 0 Å². The number of carbonyl (C=O) groups is 4. The van der Waals surface area contributed by atoms with Gasteiger partial charge in [-0.3, -0.25) is 19.2 Å². The van der Waals surface area contributed by atoms with E-state index < -0.39 is 5.97 Å². The molecule has 458 valence electrons. The quantitative estimate of drug-likeness (QED) is 0.121. The van der Waals surface area contributed by atoms with Gasteiger partial charge in [-0.15, -0.1) is 37.0 Å². The molecule has 3 amide bonds. The van der Waals surface area contributed by atoms with Gasteiger partial charge in [-0.05, 0) is 125 Å². The van der Waals surface area contributed by atoms with Crippen molar-refractivity contribution in [2.75, 3.05) is 65.6 Å². The smallest absolute Gasteiger partial charge is 0.300 e. The van der Waals surface area contributed by atoms with Crippen LogP contribution >= 0.6 is 22.6 Å². The molecule has 8 bridgehead atoms. The lowest BCUT2D eigenvalue weighted by Crippen LogP contribution is -2.43. The van der Waals surface area contributed by atoms with Crippen molar-refractivity contribution in [2.45, 2.75) is 216 Å². The fourth-order valence-electron chi connectivity index (χ4n) is 12.5. The van der Waals surface area contributed by atoms with Gasteiger partial charge in [0.25, 0.3) is 5.97 Å². The Labute approximate surface area is 503 Å². The van der Waals surface area contributed by atoms with E-state index in [1.54, 1.807) is 55.4 Å². The summed E-state index contributed by atoms with van der Waals surface area (Å²) in [4.78, 5) is 65.1. The summed E-state index contributed by atoms with van der Waals surface area (Å²) in [6.07, 6.45) is 40.9. The molecular formula is C60H97IN12O9. The zero-order chi connectivity index (χ0) is 62.9. The number of nitrogen functional groups attached to an aromatic ring is 4. The van der Waals surface area contributed by atoms with Gasteiger partial charge in [-0.2, -0.15) is 9.97 Å². The Morgan fingerprint density at radius 1 is 0.598 bits per heavy atom. The van der Waals surface area contributed by atoms with E-state index in [4.69, 9.17) is 62.3 Å². The van der Waals surface area contributed by atoms with E-state index in [-0.39, 0.29) is 46.2 Å². The van der Waals surface area contributed by atoms with Crippen molar-refractivity contribution in [3.05, 3.63) is 21.5 Å². The summed E-state index contributed by atoms with van der Waals surface area (Å²) in [7, 11) is 8.50. The number of fused-ring (bicyclic) bond motifs is 8. The molecule has 10 rings (SSSR count). The van der Waals surface area contributed by atoms with Crippen molar-refractivity contribution in [2.24, 2.45) is 0 Å². The molecule has 8 fully saturated rings. The number of halogens is 1. The van der Waals surface area contributed by atoms with Crippen LogP contribution in [0.15, 0.2) is 12.4 Å². The zero-order valence-electron chi connectivity index (χ0n) is 50.9. The molecule has 0 aromatic carbocycles. The number of rotatable bonds is 4. The molecule has 0 saturated carbocycles. The Morgan fingerprint density at radius 2 is 0.915 bits per heavy atom. The Bertz CT molecular complexity index is 2390. The van der Waals surface area contributed by atoms with Crippen LogP contribution < -0.4 is 28.3 Å². The number of anilines is 4. The fraction of sp³-hybridized carbons (Fsp3) is 0.667. The van der Waals surface area contributed by atoms with Crippen LogP contribution in [-0.2, 0) is 28.7 Å². The molecule has 21 nitrogen and oxygen atoms in total. The Kier molecular flexibility index (Phi) is 35.9. The van der Waals surface area contributed by atoms with Crippen LogP contribution in [0.2, 0.25) is 0 Å². The minimum absolute atomic E-state index is 0.0469. The van der Waals surface area contributed by atoms with Crippen molar-refractivity contribution < 1.29 is 44.0 Å². The van der Waals surface area contributed by atoms with Crippen molar-refractivity contribution >= 4 is 69.8 Å². The summed E-state index contributed by atoms with van der Waals surface area (Å²) < 4.78 is 9.32. The number of carbonyl (C=O) groups excluding carboxylic acids is 3. The molecule has 0 atom stereocenters. The molecule has 8 aliphatic heterocycles. The number of hydrogen-bond donors (Lipinski definition) is 8. The first kappa shape index (κ1) is 76.0. The minimum atomic E-state index is -0.833. The second-order valence-corrected chi connectivity index (χ2v) is 21.8. The molecule has 0 unspecified atom stereocenters. The summed E-state index contributed by atoms with van der Waals surface area (Å²) in [6, 6.07) is 2.19. The second kappa shape index (κ2) is 38.7. The van der Waals surface area contributed by atoms with E-state index in [9.17, 15) is 14.4 Å². The number of aliphatic hydroxyl groups excluding tert-OH is 2. The van der Waals surface area contributed by atoms with Gasteiger partial charge in [-0.1, -0.05) is 25.7 Å². The highest BCUT2D eigenvalue weighted by atomic mass is 127. The molecule has 8 saturated heterocycles. The third-order valence-electron chi connectivity index (χ3n) is 15.3. The summed E-state index contributed by atoms with van der Waals surface area (Å²) in [5.74, 6) is 15.2. The molecule has 10 heterocycles. The van der Waals surface area contributed by atoms with E-state index in [1.165, 1.54) is 31.9 Å². The Morgan fingerprint density at radius 3 is 1.18 bits per heavy atom. The number of terminal acetylenes is 3. The number of aliphatic hydroxyl groups is 2. The lowest BCUT2D eigenvalue weighted by Gasteiger charge is -2.32. The highest BCUT2D eigenvalue weighted by Crippen LogP contribution is 2.50. The minimum Gasteiger partial charge on any atom is -0.481 e. The molecule has 8 aliphatic rings. The zero-order valence-corrected chi connectivity index (χ0v) is 53.1. The third-order valence-corrected chi connectivity index (χ3v) is 16.2. The van der Waals surface area contributed by atoms with E-state index >= 15 is 0 Å². The molecule has 0 radical (unpaired) electrons. The topological polar surface area (TPSA) is 325 Å². The number of carboxylic acid groups (broad SMARTS) is 1. The monoisotopic (exact) mass is 1260 g/mol. The van der Waals surface area contributed by atoms with Crippen molar-refractivity contribution in [1.82, 2.24) is 40.0 Å². The summed E-state index contributed by atoms with van der Waals surface area (Å²) in [6.45, 7) is 10.1. The van der Waals surface area contributed by atoms with Crippen molar-refractivity contribution in [3.8, 4) is 48.9 Å². The molecule has 2 aromatic heterocycles. The van der Waals surface area contributed by atoms with E-state index in [0.717, 1.165) is 127 Å². The standard InChI is InChI=1S/C15H19N5O.2C11H15NO.C9H13N.C4H5IN4.C2H4O2.2C2H6O.C2H6.2CH4O/c1-10(21)20-12-4-7-15(20,8-5-12)6-2-3-11-9-18-14(17)19-13(11)16;2*1-3-6-11-7-4-10(5-8-11)12(11)9(2)13;1-2-5-9-6-3-8(10-9)4-7-9;5-2-1-8-4(7)9-3(2)6;1-2(3)4;2*1-3-2;3*1-2/h9,12H,4-8H2,1H3,(H4,16,17,18,19);2*1,10H,4-8H2,2H3;1,8,10H,3-7H2;1H,(H4,6,7,8,9);1H3,(H,3,4);2*1-2H3;1-2H3;2*2H,1H3. The number of aromatic nitrogens is 4. The largest absolute Gasteiger partial charge is 0.481 e. The number of nitrogens with zero attached hydrogens (tertiary/aromatic N) is 7. The summed E-state index contributed by atoms with van der Waals surface area (Å²) in [5, 5.41) is 25.0. The van der Waals surface area contributed by atoms with Crippen LogP contribution in [-0.4, -0.2) is 163 Å². The normalized spacial score (nSPS) is 25.6. The Hall–Kier alpha value is -5.99. The second-order valence-electron chi connectivity index (χ2n) is 20.7.